The normalized spacial score (nSPS) is 34.2. The van der Waals surface area contributed by atoms with Gasteiger partial charge in [-0.3, -0.25) is 0 Å². The van der Waals surface area contributed by atoms with Crippen LogP contribution in [0, 0.1) is 5.92 Å². The van der Waals surface area contributed by atoms with E-state index >= 15 is 0 Å². The van der Waals surface area contributed by atoms with E-state index in [4.69, 9.17) is 4.74 Å². The first-order valence-electron chi connectivity index (χ1n) is 7.86. The van der Waals surface area contributed by atoms with Crippen molar-refractivity contribution in [3.8, 4) is 0 Å². The number of nitrogens with one attached hydrogen (secondary N) is 2. The fourth-order valence-corrected chi connectivity index (χ4v) is 3.20. The molecule has 0 spiro atoms. The fraction of sp³-hybridized carbons (Fsp3) is 0.867. The molecule has 0 radical (unpaired) electrons. The van der Waals surface area contributed by atoms with E-state index in [-0.39, 0.29) is 12.1 Å². The summed E-state index contributed by atoms with van der Waals surface area (Å²) in [5.41, 5.74) is -1.12. The number of hydrogen-bond donors (Lipinski definition) is 3. The maximum Gasteiger partial charge on any atom is 0.329 e. The monoisotopic (exact) mass is 298 g/mol. The summed E-state index contributed by atoms with van der Waals surface area (Å²) in [6.45, 7) is 4.74. The molecule has 1 aliphatic carbocycles. The highest BCUT2D eigenvalue weighted by atomic mass is 16.5. The summed E-state index contributed by atoms with van der Waals surface area (Å²) >= 11 is 0. The van der Waals surface area contributed by atoms with E-state index in [1.54, 1.807) is 0 Å². The van der Waals surface area contributed by atoms with Crippen molar-refractivity contribution in [2.24, 2.45) is 5.92 Å². The third-order valence-corrected chi connectivity index (χ3v) is 4.77. The van der Waals surface area contributed by atoms with Gasteiger partial charge >= 0.3 is 12.0 Å². The minimum absolute atomic E-state index is 0.0305. The van der Waals surface area contributed by atoms with Crippen LogP contribution < -0.4 is 10.6 Å². The topological polar surface area (TPSA) is 87.7 Å². The molecule has 1 saturated carbocycles. The lowest BCUT2D eigenvalue weighted by molar-refractivity contribution is -0.146. The van der Waals surface area contributed by atoms with E-state index in [9.17, 15) is 14.7 Å². The van der Waals surface area contributed by atoms with E-state index in [2.05, 4.69) is 17.6 Å². The molecule has 2 fully saturated rings. The van der Waals surface area contributed by atoms with Gasteiger partial charge in [-0.15, -0.1) is 0 Å². The highest BCUT2D eigenvalue weighted by molar-refractivity contribution is 5.86. The van der Waals surface area contributed by atoms with Gasteiger partial charge in [-0.25, -0.2) is 9.59 Å². The maximum absolute atomic E-state index is 12.1. The standard InChI is InChI=1S/C15H26N2O4/c1-10-5-7-15(8-6-10,13(18)19)17-14(20)16-11(2)12-4-3-9-21-12/h10-12H,3-9H2,1-2H3,(H,18,19)(H2,16,17,20). The SMILES string of the molecule is CC1CCC(NC(=O)NC(C)C2CCCO2)(C(=O)O)CC1. The Bertz CT molecular complexity index is 385. The van der Waals surface area contributed by atoms with Gasteiger partial charge in [0.15, 0.2) is 0 Å². The minimum atomic E-state index is -1.12. The van der Waals surface area contributed by atoms with Crippen molar-refractivity contribution in [2.75, 3.05) is 6.61 Å². The molecule has 1 aliphatic heterocycles. The third kappa shape index (κ3) is 3.87. The summed E-state index contributed by atoms with van der Waals surface area (Å²) in [5.74, 6) is -0.414. The molecule has 1 saturated heterocycles. The van der Waals surface area contributed by atoms with Crippen molar-refractivity contribution in [1.29, 1.82) is 0 Å². The highest BCUT2D eigenvalue weighted by Crippen LogP contribution is 2.32. The fourth-order valence-electron chi connectivity index (χ4n) is 3.20. The van der Waals surface area contributed by atoms with Crippen LogP contribution in [0.2, 0.25) is 0 Å². The molecule has 0 aromatic rings. The third-order valence-electron chi connectivity index (χ3n) is 4.77. The van der Waals surface area contributed by atoms with Crippen LogP contribution in [-0.4, -0.2) is 41.4 Å². The predicted molar refractivity (Wildman–Crippen MR) is 78.1 cm³/mol. The van der Waals surface area contributed by atoms with E-state index in [0.29, 0.717) is 18.8 Å². The molecule has 0 aromatic heterocycles. The zero-order valence-corrected chi connectivity index (χ0v) is 12.9. The van der Waals surface area contributed by atoms with Crippen LogP contribution in [0.1, 0.15) is 52.4 Å². The van der Waals surface area contributed by atoms with Crippen LogP contribution in [0.4, 0.5) is 4.79 Å². The Kier molecular flexibility index (Phi) is 5.08. The van der Waals surface area contributed by atoms with Crippen LogP contribution in [-0.2, 0) is 9.53 Å². The molecular weight excluding hydrogens is 272 g/mol. The van der Waals surface area contributed by atoms with E-state index in [0.717, 1.165) is 32.3 Å². The quantitative estimate of drug-likeness (QED) is 0.739. The molecule has 2 amide bonds. The van der Waals surface area contributed by atoms with E-state index in [1.165, 1.54) is 0 Å². The minimum Gasteiger partial charge on any atom is -0.480 e. The van der Waals surface area contributed by atoms with Crippen LogP contribution >= 0.6 is 0 Å². The van der Waals surface area contributed by atoms with Crippen molar-refractivity contribution < 1.29 is 19.4 Å². The van der Waals surface area contributed by atoms with Crippen molar-refractivity contribution in [1.82, 2.24) is 10.6 Å². The first kappa shape index (κ1) is 16.1. The molecule has 21 heavy (non-hydrogen) atoms. The van der Waals surface area contributed by atoms with Gasteiger partial charge < -0.3 is 20.5 Å². The number of urea groups is 1. The lowest BCUT2D eigenvalue weighted by Crippen LogP contribution is -2.60. The number of hydrogen-bond acceptors (Lipinski definition) is 3. The number of rotatable bonds is 4. The summed E-state index contributed by atoms with van der Waals surface area (Å²) in [6.07, 6.45) is 4.61. The highest BCUT2D eigenvalue weighted by Gasteiger charge is 2.42. The van der Waals surface area contributed by atoms with E-state index in [1.807, 2.05) is 6.92 Å². The van der Waals surface area contributed by atoms with E-state index < -0.39 is 17.5 Å². The second kappa shape index (κ2) is 6.64. The number of carbonyl (C=O) groups excluding carboxylic acids is 1. The van der Waals surface area contributed by atoms with Gasteiger partial charge in [-0.2, -0.15) is 0 Å². The molecule has 2 aliphatic rings. The zero-order valence-electron chi connectivity index (χ0n) is 12.9. The summed E-state index contributed by atoms with van der Waals surface area (Å²) in [7, 11) is 0. The number of carbonyl (C=O) groups is 2. The number of carboxylic acid groups (broad SMARTS) is 1. The van der Waals surface area contributed by atoms with Gasteiger partial charge in [0.1, 0.15) is 5.54 Å². The van der Waals surface area contributed by atoms with Gasteiger partial charge in [-0.05, 0) is 51.4 Å². The second-order valence-electron chi connectivity index (χ2n) is 6.51. The molecule has 2 unspecified atom stereocenters. The van der Waals surface area contributed by atoms with Crippen molar-refractivity contribution in [2.45, 2.75) is 70.1 Å². The average Bonchev–Trinajstić information content (AvgIpc) is 2.95. The molecule has 6 heteroatoms. The molecule has 120 valence electrons. The summed E-state index contributed by atoms with van der Waals surface area (Å²) in [5, 5.41) is 15.0. The Morgan fingerprint density at radius 1 is 1.29 bits per heavy atom. The lowest BCUT2D eigenvalue weighted by atomic mass is 9.77. The van der Waals surface area contributed by atoms with Gasteiger partial charge in [0.05, 0.1) is 12.1 Å². The predicted octanol–water partition coefficient (Wildman–Crippen LogP) is 1.89. The Balaban J connectivity index is 1.90. The molecule has 2 rings (SSSR count). The molecule has 0 aromatic carbocycles. The molecule has 6 nitrogen and oxygen atoms in total. The van der Waals surface area contributed by atoms with Crippen LogP contribution in [0.3, 0.4) is 0 Å². The summed E-state index contributed by atoms with van der Waals surface area (Å²) < 4.78 is 5.53. The van der Waals surface area contributed by atoms with Gasteiger partial charge in [0, 0.05) is 6.61 Å². The molecule has 0 bridgehead atoms. The first-order valence-corrected chi connectivity index (χ1v) is 7.86. The van der Waals surface area contributed by atoms with Crippen LogP contribution in [0.15, 0.2) is 0 Å². The van der Waals surface area contributed by atoms with Crippen LogP contribution in [0.5, 0.6) is 0 Å². The average molecular weight is 298 g/mol. The zero-order chi connectivity index (χ0) is 15.5. The Morgan fingerprint density at radius 3 is 2.48 bits per heavy atom. The van der Waals surface area contributed by atoms with Crippen molar-refractivity contribution >= 4 is 12.0 Å². The summed E-state index contributed by atoms with van der Waals surface area (Å²) in [6, 6.07) is -0.518. The summed E-state index contributed by atoms with van der Waals surface area (Å²) in [4.78, 5) is 23.7. The van der Waals surface area contributed by atoms with Gasteiger partial charge in [0.2, 0.25) is 0 Å². The second-order valence-corrected chi connectivity index (χ2v) is 6.51. The largest absolute Gasteiger partial charge is 0.480 e. The Labute approximate surface area is 125 Å². The van der Waals surface area contributed by atoms with Crippen molar-refractivity contribution in [3.05, 3.63) is 0 Å². The Morgan fingerprint density at radius 2 is 1.95 bits per heavy atom. The number of amides is 2. The van der Waals surface area contributed by atoms with Gasteiger partial charge in [0.25, 0.3) is 0 Å². The lowest BCUT2D eigenvalue weighted by Gasteiger charge is -2.36. The maximum atomic E-state index is 12.1. The molecule has 1 heterocycles. The number of aliphatic carboxylic acids is 1. The molecular formula is C15H26N2O4. The van der Waals surface area contributed by atoms with Crippen molar-refractivity contribution in [3.63, 3.8) is 0 Å². The molecule has 2 atom stereocenters. The Hall–Kier alpha value is -1.30. The molecule has 3 N–H and O–H groups in total. The number of carboxylic acids is 1. The first-order chi connectivity index (χ1) is 9.93. The number of ether oxygens (including phenoxy) is 1. The van der Waals surface area contributed by atoms with Gasteiger partial charge in [-0.1, -0.05) is 6.92 Å². The van der Waals surface area contributed by atoms with Crippen LogP contribution in [0.25, 0.3) is 0 Å². The smallest absolute Gasteiger partial charge is 0.329 e.